The van der Waals surface area contributed by atoms with Crippen molar-refractivity contribution < 1.29 is 4.79 Å². The van der Waals surface area contributed by atoms with Crippen LogP contribution in [-0.2, 0) is 0 Å². The summed E-state index contributed by atoms with van der Waals surface area (Å²) in [4.78, 5) is 11.6. The number of hydrogen-bond acceptors (Lipinski definition) is 3. The number of rotatable bonds is 3. The molecule has 1 aliphatic heterocycles. The number of primary amides is 1. The van der Waals surface area contributed by atoms with Crippen LogP contribution < -0.4 is 11.1 Å². The van der Waals surface area contributed by atoms with Crippen LogP contribution in [0.2, 0.25) is 5.02 Å². The van der Waals surface area contributed by atoms with E-state index >= 15 is 0 Å². The average Bonchev–Trinajstić information content (AvgIpc) is 2.99. The van der Waals surface area contributed by atoms with Crippen molar-refractivity contribution in [3.8, 4) is 11.3 Å². The molecule has 3 heterocycles. The minimum Gasteiger partial charge on any atom is -0.364 e. The summed E-state index contributed by atoms with van der Waals surface area (Å²) >= 11 is 6.15. The van der Waals surface area contributed by atoms with Crippen molar-refractivity contribution in [1.82, 2.24) is 14.9 Å². The topological polar surface area (TPSA) is 72.4 Å². The van der Waals surface area contributed by atoms with E-state index in [1.54, 1.807) is 6.07 Å². The molecule has 1 amide bonds. The van der Waals surface area contributed by atoms with Crippen LogP contribution in [0.1, 0.15) is 34.8 Å². The Bertz CT molecular complexity index is 926. The number of hydrogen-bond donors (Lipinski definition) is 2. The Balaban J connectivity index is 1.69. The van der Waals surface area contributed by atoms with Gasteiger partial charge in [-0.15, -0.1) is 0 Å². The minimum absolute atomic E-state index is 0.284. The van der Waals surface area contributed by atoms with E-state index in [4.69, 9.17) is 17.3 Å². The third-order valence-electron chi connectivity index (χ3n) is 4.80. The molecular weight excluding hydrogens is 336 g/mol. The number of nitrogens with one attached hydrogen (secondary N) is 1. The molecule has 3 aromatic rings. The Morgan fingerprint density at radius 2 is 2.04 bits per heavy atom. The Morgan fingerprint density at radius 3 is 2.72 bits per heavy atom. The average molecular weight is 355 g/mol. The number of piperidine rings is 1. The summed E-state index contributed by atoms with van der Waals surface area (Å²) in [5.41, 5.74) is 9.49. The van der Waals surface area contributed by atoms with E-state index in [0.29, 0.717) is 16.5 Å². The molecule has 0 aliphatic carbocycles. The van der Waals surface area contributed by atoms with Crippen molar-refractivity contribution in [2.45, 2.75) is 18.8 Å². The Morgan fingerprint density at radius 1 is 1.24 bits per heavy atom. The highest BCUT2D eigenvalue weighted by atomic mass is 35.5. The normalized spacial score (nSPS) is 17.7. The number of nitrogens with zero attached hydrogens (tertiary/aromatic N) is 2. The van der Waals surface area contributed by atoms with Crippen LogP contribution in [-0.4, -0.2) is 28.6 Å². The summed E-state index contributed by atoms with van der Waals surface area (Å²) in [6, 6.07) is 13.8. The first-order valence-electron chi connectivity index (χ1n) is 8.42. The first-order chi connectivity index (χ1) is 12.1. The Kier molecular flexibility index (Phi) is 4.19. The molecule has 1 aromatic carbocycles. The Labute approximate surface area is 150 Å². The van der Waals surface area contributed by atoms with Gasteiger partial charge in [0, 0.05) is 12.1 Å². The number of amides is 1. The molecule has 0 saturated carbocycles. The number of fused-ring (bicyclic) bond motifs is 1. The lowest BCUT2D eigenvalue weighted by Crippen LogP contribution is -2.28. The summed E-state index contributed by atoms with van der Waals surface area (Å²) in [6.07, 6.45) is 2.44. The van der Waals surface area contributed by atoms with Crippen LogP contribution in [0.15, 0.2) is 42.5 Å². The third kappa shape index (κ3) is 3.01. The second kappa shape index (κ2) is 6.50. The first kappa shape index (κ1) is 16.1. The van der Waals surface area contributed by atoms with Crippen LogP contribution in [0.3, 0.4) is 0 Å². The highest BCUT2D eigenvalue weighted by molar-refractivity contribution is 6.34. The summed E-state index contributed by atoms with van der Waals surface area (Å²) < 4.78 is 1.51. The fraction of sp³-hybridized carbons (Fsp3) is 0.263. The predicted molar refractivity (Wildman–Crippen MR) is 99.0 cm³/mol. The SMILES string of the molecule is NC(=O)c1cc(Cl)c2ccc(-c3ccc(C4CCCNC4)cc3)nn12. The number of benzene rings is 1. The van der Waals surface area contributed by atoms with Crippen molar-refractivity contribution in [2.24, 2.45) is 5.73 Å². The zero-order chi connectivity index (χ0) is 17.4. The highest BCUT2D eigenvalue weighted by Gasteiger charge is 2.16. The van der Waals surface area contributed by atoms with Crippen LogP contribution >= 0.6 is 11.6 Å². The van der Waals surface area contributed by atoms with Gasteiger partial charge in [-0.25, -0.2) is 4.52 Å². The van der Waals surface area contributed by atoms with Crippen molar-refractivity contribution in [1.29, 1.82) is 0 Å². The third-order valence-corrected chi connectivity index (χ3v) is 5.10. The largest absolute Gasteiger partial charge is 0.364 e. The molecule has 3 N–H and O–H groups in total. The Hall–Kier alpha value is -2.37. The molecule has 1 fully saturated rings. The van der Waals surface area contributed by atoms with Gasteiger partial charge < -0.3 is 11.1 Å². The number of carbonyl (C=O) groups excluding carboxylic acids is 1. The summed E-state index contributed by atoms with van der Waals surface area (Å²) in [6.45, 7) is 2.15. The van der Waals surface area contributed by atoms with Gasteiger partial charge in [-0.3, -0.25) is 4.79 Å². The minimum atomic E-state index is -0.549. The van der Waals surface area contributed by atoms with Gasteiger partial charge in [0.05, 0.1) is 16.2 Å². The molecule has 6 heteroatoms. The smallest absolute Gasteiger partial charge is 0.267 e. The lowest BCUT2D eigenvalue weighted by molar-refractivity contribution is 0.0994. The number of carbonyl (C=O) groups is 1. The quantitative estimate of drug-likeness (QED) is 0.758. The van der Waals surface area contributed by atoms with Gasteiger partial charge in [-0.1, -0.05) is 35.9 Å². The zero-order valence-corrected chi connectivity index (χ0v) is 14.5. The lowest BCUT2D eigenvalue weighted by Gasteiger charge is -2.23. The van der Waals surface area contributed by atoms with Crippen LogP contribution in [0, 0.1) is 0 Å². The van der Waals surface area contributed by atoms with Gasteiger partial charge in [0.1, 0.15) is 5.69 Å². The molecular formula is C19H19ClN4O. The van der Waals surface area contributed by atoms with E-state index in [0.717, 1.165) is 24.3 Å². The van der Waals surface area contributed by atoms with Gasteiger partial charge >= 0.3 is 0 Å². The molecule has 0 spiro atoms. The molecule has 1 saturated heterocycles. The van der Waals surface area contributed by atoms with Gasteiger partial charge in [-0.2, -0.15) is 5.10 Å². The molecule has 0 radical (unpaired) electrons. The van der Waals surface area contributed by atoms with Gasteiger partial charge in [0.2, 0.25) is 0 Å². The molecule has 5 nitrogen and oxygen atoms in total. The van der Waals surface area contributed by atoms with Crippen LogP contribution in [0.4, 0.5) is 0 Å². The second-order valence-electron chi connectivity index (χ2n) is 6.42. The van der Waals surface area contributed by atoms with Gasteiger partial charge in [0.15, 0.2) is 0 Å². The van der Waals surface area contributed by atoms with E-state index in [1.807, 2.05) is 12.1 Å². The van der Waals surface area contributed by atoms with E-state index in [2.05, 4.69) is 34.7 Å². The standard InChI is InChI=1S/C19H19ClN4O/c20-15-10-18(19(21)25)24-17(15)8-7-16(23-24)13-5-3-12(4-6-13)14-2-1-9-22-11-14/h3-8,10,14,22H,1-2,9,11H2,(H2,21,25). The maximum Gasteiger partial charge on any atom is 0.267 e. The molecule has 1 unspecified atom stereocenters. The lowest BCUT2D eigenvalue weighted by atomic mass is 9.91. The predicted octanol–water partition coefficient (Wildman–Crippen LogP) is 3.22. The first-order valence-corrected chi connectivity index (χ1v) is 8.80. The fourth-order valence-electron chi connectivity index (χ4n) is 3.43. The van der Waals surface area contributed by atoms with E-state index in [9.17, 15) is 4.79 Å². The molecule has 2 aromatic heterocycles. The number of aromatic nitrogens is 2. The van der Waals surface area contributed by atoms with Gasteiger partial charge in [0.25, 0.3) is 5.91 Å². The van der Waals surface area contributed by atoms with E-state index in [-0.39, 0.29) is 5.69 Å². The molecule has 1 atom stereocenters. The van der Waals surface area contributed by atoms with Gasteiger partial charge in [-0.05, 0) is 49.1 Å². The number of halogens is 1. The van der Waals surface area contributed by atoms with Crippen molar-refractivity contribution in [3.63, 3.8) is 0 Å². The number of nitrogens with two attached hydrogens (primary N) is 1. The summed E-state index contributed by atoms with van der Waals surface area (Å²) in [5.74, 6) is 0.0228. The maximum atomic E-state index is 11.6. The summed E-state index contributed by atoms with van der Waals surface area (Å²) in [7, 11) is 0. The van der Waals surface area contributed by atoms with Crippen molar-refractivity contribution in [2.75, 3.05) is 13.1 Å². The molecule has 1 aliphatic rings. The van der Waals surface area contributed by atoms with E-state index in [1.165, 1.54) is 22.9 Å². The maximum absolute atomic E-state index is 11.6. The van der Waals surface area contributed by atoms with Crippen LogP contribution in [0.25, 0.3) is 16.8 Å². The van der Waals surface area contributed by atoms with E-state index < -0.39 is 5.91 Å². The second-order valence-corrected chi connectivity index (χ2v) is 6.83. The summed E-state index contributed by atoms with van der Waals surface area (Å²) in [5, 5.41) is 8.46. The molecule has 0 bridgehead atoms. The highest BCUT2D eigenvalue weighted by Crippen LogP contribution is 2.27. The molecule has 128 valence electrons. The molecule has 4 rings (SSSR count). The molecule has 25 heavy (non-hydrogen) atoms. The van der Waals surface area contributed by atoms with Crippen LogP contribution in [0.5, 0.6) is 0 Å². The van der Waals surface area contributed by atoms with Crippen molar-refractivity contribution in [3.05, 3.63) is 58.7 Å². The fourth-order valence-corrected chi connectivity index (χ4v) is 3.68. The monoisotopic (exact) mass is 354 g/mol. The van der Waals surface area contributed by atoms with Crippen molar-refractivity contribution >= 4 is 23.0 Å². The zero-order valence-electron chi connectivity index (χ0n) is 13.7.